The van der Waals surface area contributed by atoms with Crippen LogP contribution in [-0.2, 0) is 14.3 Å². The molecule has 9 nitrogen and oxygen atoms in total. The smallest absolute Gasteiger partial charge is 0.339 e. The maximum atomic E-state index is 13.2. The fourth-order valence-corrected chi connectivity index (χ4v) is 7.54. The van der Waals surface area contributed by atoms with Gasteiger partial charge in [-0.1, -0.05) is 6.92 Å². The lowest BCUT2D eigenvalue weighted by atomic mass is 9.47. The van der Waals surface area contributed by atoms with Crippen LogP contribution in [0.25, 0.3) is 0 Å². The molecule has 5 fully saturated rings. The van der Waals surface area contributed by atoms with Gasteiger partial charge in [0.15, 0.2) is 5.75 Å². The Labute approximate surface area is 190 Å². The van der Waals surface area contributed by atoms with Crippen molar-refractivity contribution in [2.24, 2.45) is 22.7 Å². The number of phenolic OH excluding ortho intramolecular Hbond substituents is 1. The quantitative estimate of drug-likeness (QED) is 0.421. The zero-order valence-electron chi connectivity index (χ0n) is 18.6. The zero-order valence-corrected chi connectivity index (χ0v) is 18.6. The number of hydrogen-bond donors (Lipinski definition) is 5. The van der Waals surface area contributed by atoms with Crippen LogP contribution in [0.1, 0.15) is 62.7 Å². The number of ether oxygens (including phenoxy) is 1. The minimum Gasteiger partial charge on any atom is -0.506 e. The average molecular weight is 459 g/mol. The number of anilines is 1. The van der Waals surface area contributed by atoms with Crippen molar-refractivity contribution in [2.75, 3.05) is 5.32 Å². The molecule has 1 aromatic carbocycles. The molecule has 5 N–H and O–H groups in total. The molecule has 2 unspecified atom stereocenters. The standard InChI is InChI=1S/C24H29NO8/c1-22(6-5-17(29)25-18-13(26)4-3-12(19(18)30)21(31)32)15(27)8-16(28)24-9-11-7-14(20(22)24)33-23(11,2)10-24/h3-4,11,14,16,20,26,28,30H,5-10H2,1-2H3,(H,25,29)(H,31,32)/t11?,14-,16+,20?,22+,23+,24-/m0/s1. The summed E-state index contributed by atoms with van der Waals surface area (Å²) < 4.78 is 6.38. The monoisotopic (exact) mass is 459 g/mol. The van der Waals surface area contributed by atoms with Crippen molar-refractivity contribution >= 4 is 23.3 Å². The number of carbonyl (C=O) groups excluding carboxylic acids is 2. The lowest BCUT2D eigenvalue weighted by Crippen LogP contribution is -2.63. The van der Waals surface area contributed by atoms with E-state index in [0.29, 0.717) is 12.3 Å². The molecule has 33 heavy (non-hydrogen) atoms. The van der Waals surface area contributed by atoms with Crippen LogP contribution < -0.4 is 5.32 Å². The van der Waals surface area contributed by atoms with E-state index < -0.39 is 40.5 Å². The summed E-state index contributed by atoms with van der Waals surface area (Å²) in [6, 6.07) is 2.12. The predicted octanol–water partition coefficient (Wildman–Crippen LogP) is 2.43. The molecule has 2 aliphatic heterocycles. The van der Waals surface area contributed by atoms with E-state index in [2.05, 4.69) is 12.2 Å². The van der Waals surface area contributed by atoms with E-state index in [1.54, 1.807) is 0 Å². The van der Waals surface area contributed by atoms with Gasteiger partial charge in [-0.15, -0.1) is 0 Å². The Balaban J connectivity index is 1.37. The van der Waals surface area contributed by atoms with Gasteiger partial charge in [-0.25, -0.2) is 4.79 Å². The first kappa shape index (κ1) is 22.2. The number of aromatic carboxylic acids is 1. The molecule has 4 bridgehead atoms. The van der Waals surface area contributed by atoms with Crippen LogP contribution in [-0.4, -0.2) is 55.9 Å². The highest BCUT2D eigenvalue weighted by Gasteiger charge is 2.75. The summed E-state index contributed by atoms with van der Waals surface area (Å²) in [7, 11) is 0. The number of aromatic hydroxyl groups is 2. The Morgan fingerprint density at radius 3 is 2.64 bits per heavy atom. The van der Waals surface area contributed by atoms with Gasteiger partial charge in [0.05, 0.1) is 17.8 Å². The van der Waals surface area contributed by atoms with Gasteiger partial charge in [0.1, 0.15) is 22.8 Å². The molecule has 2 heterocycles. The van der Waals surface area contributed by atoms with E-state index in [1.807, 2.05) is 6.92 Å². The van der Waals surface area contributed by atoms with Gasteiger partial charge in [-0.05, 0) is 50.7 Å². The predicted molar refractivity (Wildman–Crippen MR) is 115 cm³/mol. The topological polar surface area (TPSA) is 153 Å². The highest BCUT2D eigenvalue weighted by atomic mass is 16.5. The molecular weight excluding hydrogens is 430 g/mol. The third-order valence-electron chi connectivity index (χ3n) is 8.99. The lowest BCUT2D eigenvalue weighted by Gasteiger charge is -2.59. The van der Waals surface area contributed by atoms with Gasteiger partial charge in [0, 0.05) is 29.6 Å². The number of Topliss-reactive ketones (excluding diaryl/α,β-unsaturated/α-hetero) is 1. The van der Waals surface area contributed by atoms with E-state index in [1.165, 1.54) is 0 Å². The second-order valence-electron chi connectivity index (χ2n) is 10.8. The van der Waals surface area contributed by atoms with Crippen LogP contribution in [0.15, 0.2) is 12.1 Å². The van der Waals surface area contributed by atoms with Crippen molar-refractivity contribution in [1.82, 2.24) is 0 Å². The van der Waals surface area contributed by atoms with Crippen LogP contribution in [0, 0.1) is 22.7 Å². The number of rotatable bonds is 5. The molecule has 0 aromatic heterocycles. The van der Waals surface area contributed by atoms with Crippen LogP contribution in [0.3, 0.4) is 0 Å². The average Bonchev–Trinajstić information content (AvgIpc) is 3.10. The Hall–Kier alpha value is -2.65. The molecule has 1 spiro atoms. The molecule has 7 atom stereocenters. The largest absolute Gasteiger partial charge is 0.506 e. The number of ketones is 1. The number of aliphatic hydroxyl groups is 1. The summed E-state index contributed by atoms with van der Waals surface area (Å²) in [6.07, 6.45) is 1.76. The van der Waals surface area contributed by atoms with Crippen LogP contribution in [0.5, 0.6) is 11.5 Å². The first-order valence-electron chi connectivity index (χ1n) is 11.4. The second kappa shape index (κ2) is 6.93. The molecule has 178 valence electrons. The molecule has 1 amide bonds. The molecule has 2 saturated heterocycles. The minimum atomic E-state index is -1.40. The van der Waals surface area contributed by atoms with Gasteiger partial charge in [-0.3, -0.25) is 9.59 Å². The summed E-state index contributed by atoms with van der Waals surface area (Å²) in [5, 5.41) is 42.7. The lowest BCUT2D eigenvalue weighted by molar-refractivity contribution is -0.218. The van der Waals surface area contributed by atoms with Gasteiger partial charge in [0.2, 0.25) is 5.91 Å². The van der Waals surface area contributed by atoms with Crippen molar-refractivity contribution in [3.05, 3.63) is 17.7 Å². The number of carbonyl (C=O) groups is 3. The maximum absolute atomic E-state index is 13.2. The van der Waals surface area contributed by atoms with Crippen molar-refractivity contribution < 1.29 is 39.5 Å². The van der Waals surface area contributed by atoms with Crippen LogP contribution >= 0.6 is 0 Å². The fourth-order valence-electron chi connectivity index (χ4n) is 7.54. The first-order chi connectivity index (χ1) is 15.4. The first-order valence-corrected chi connectivity index (χ1v) is 11.4. The molecule has 6 rings (SSSR count). The van der Waals surface area contributed by atoms with Crippen molar-refractivity contribution in [1.29, 1.82) is 0 Å². The van der Waals surface area contributed by atoms with Crippen molar-refractivity contribution in [2.45, 2.75) is 70.2 Å². The van der Waals surface area contributed by atoms with Gasteiger partial charge in [0.25, 0.3) is 0 Å². The minimum absolute atomic E-state index is 0.0619. The van der Waals surface area contributed by atoms with Gasteiger partial charge < -0.3 is 30.5 Å². The molecule has 0 radical (unpaired) electrons. The molecular formula is C24H29NO8. The molecule has 3 aliphatic carbocycles. The third-order valence-corrected chi connectivity index (χ3v) is 8.99. The van der Waals surface area contributed by atoms with E-state index in [-0.39, 0.29) is 53.8 Å². The van der Waals surface area contributed by atoms with Crippen LogP contribution in [0.2, 0.25) is 0 Å². The van der Waals surface area contributed by atoms with E-state index >= 15 is 0 Å². The van der Waals surface area contributed by atoms with Crippen molar-refractivity contribution in [3.63, 3.8) is 0 Å². The molecule has 5 aliphatic rings. The SMILES string of the molecule is C[C@@]12C[C@]34CC1C[C@H](O2)C3[C@](C)(CCC(=O)Nc1c(O)ccc(C(=O)O)c1O)C(=O)C[C@H]4O. The maximum Gasteiger partial charge on any atom is 0.339 e. The number of carboxylic acid groups (broad SMARTS) is 1. The molecule has 3 saturated carbocycles. The number of amides is 1. The summed E-state index contributed by atoms with van der Waals surface area (Å²) in [4.78, 5) is 37.2. The summed E-state index contributed by atoms with van der Waals surface area (Å²) in [5.74, 6) is -3.04. The Morgan fingerprint density at radius 2 is 1.97 bits per heavy atom. The number of benzene rings is 1. The van der Waals surface area contributed by atoms with E-state index in [4.69, 9.17) is 9.84 Å². The summed E-state index contributed by atoms with van der Waals surface area (Å²) >= 11 is 0. The highest BCUT2D eigenvalue weighted by molar-refractivity contribution is 5.99. The number of nitrogens with one attached hydrogen (secondary N) is 1. The van der Waals surface area contributed by atoms with E-state index in [0.717, 1.165) is 25.0 Å². The van der Waals surface area contributed by atoms with Gasteiger partial charge >= 0.3 is 5.97 Å². The number of phenols is 2. The Kier molecular flexibility index (Phi) is 4.65. The van der Waals surface area contributed by atoms with E-state index in [9.17, 15) is 29.7 Å². The second-order valence-corrected chi connectivity index (χ2v) is 10.8. The van der Waals surface area contributed by atoms with Crippen molar-refractivity contribution in [3.8, 4) is 11.5 Å². The van der Waals surface area contributed by atoms with Crippen LogP contribution in [0.4, 0.5) is 5.69 Å². The zero-order chi connectivity index (χ0) is 23.9. The Morgan fingerprint density at radius 1 is 1.24 bits per heavy atom. The number of hydrogen-bond acceptors (Lipinski definition) is 7. The highest BCUT2D eigenvalue weighted by Crippen LogP contribution is 2.73. The normalized spacial score (nSPS) is 40.6. The fraction of sp³-hybridized carbons (Fsp3) is 0.625. The Bertz CT molecular complexity index is 1070. The molecule has 9 heteroatoms. The number of carboxylic acids is 1. The number of aliphatic hydroxyl groups excluding tert-OH is 1. The molecule has 1 aromatic rings. The summed E-state index contributed by atoms with van der Waals surface area (Å²) in [5.41, 5.74) is -2.32. The summed E-state index contributed by atoms with van der Waals surface area (Å²) in [6.45, 7) is 3.96. The third kappa shape index (κ3) is 2.94. The van der Waals surface area contributed by atoms with Gasteiger partial charge in [-0.2, -0.15) is 0 Å².